The van der Waals surface area contributed by atoms with Crippen molar-refractivity contribution in [1.29, 1.82) is 0 Å². The molecule has 0 fully saturated rings. The zero-order chi connectivity index (χ0) is 21.3. The van der Waals surface area contributed by atoms with Crippen LogP contribution in [-0.2, 0) is 0 Å². The van der Waals surface area contributed by atoms with Crippen molar-refractivity contribution in [3.05, 3.63) is 92.4 Å². The summed E-state index contributed by atoms with van der Waals surface area (Å²) in [6, 6.07) is 18.9. The van der Waals surface area contributed by atoms with Gasteiger partial charge in [-0.1, -0.05) is 29.8 Å². The Morgan fingerprint density at radius 3 is 2.60 bits per heavy atom. The lowest BCUT2D eigenvalue weighted by atomic mass is 10.1. The van der Waals surface area contributed by atoms with Gasteiger partial charge in [-0.3, -0.25) is 14.2 Å². The summed E-state index contributed by atoms with van der Waals surface area (Å²) in [6.07, 6.45) is 0. The van der Waals surface area contributed by atoms with Crippen LogP contribution in [0.1, 0.15) is 10.4 Å². The number of methoxy groups -OCH3 is 1. The molecule has 0 aliphatic carbocycles. The molecule has 0 radical (unpaired) electrons. The summed E-state index contributed by atoms with van der Waals surface area (Å²) in [6.45, 7) is 0. The van der Waals surface area contributed by atoms with Gasteiger partial charge in [0, 0.05) is 10.6 Å². The van der Waals surface area contributed by atoms with Gasteiger partial charge in [0.2, 0.25) is 0 Å². The van der Waals surface area contributed by atoms with Crippen molar-refractivity contribution >= 4 is 46.3 Å². The van der Waals surface area contributed by atoms with Gasteiger partial charge in [0.15, 0.2) is 4.77 Å². The molecule has 30 heavy (non-hydrogen) atoms. The number of rotatable bonds is 4. The van der Waals surface area contributed by atoms with Crippen LogP contribution in [-0.4, -0.2) is 22.6 Å². The normalized spacial score (nSPS) is 10.7. The second-order valence-electron chi connectivity index (χ2n) is 6.47. The fraction of sp³-hybridized carbons (Fsp3) is 0.0455. The molecular formula is C22H16ClN3O3S. The van der Waals surface area contributed by atoms with Crippen LogP contribution >= 0.6 is 23.8 Å². The van der Waals surface area contributed by atoms with Gasteiger partial charge in [-0.2, -0.15) is 0 Å². The van der Waals surface area contributed by atoms with Gasteiger partial charge >= 0.3 is 0 Å². The van der Waals surface area contributed by atoms with Crippen molar-refractivity contribution < 1.29 is 9.53 Å². The van der Waals surface area contributed by atoms with E-state index in [9.17, 15) is 9.59 Å². The van der Waals surface area contributed by atoms with Crippen molar-refractivity contribution in [2.75, 3.05) is 12.4 Å². The van der Waals surface area contributed by atoms with E-state index >= 15 is 0 Å². The standard InChI is InChI=1S/C22H16ClN3O3S/c1-29-19-10-8-14(23)12-18(19)24-20(27)13-7-9-16-17(11-13)25-22(30)26(21(16)28)15-5-3-2-4-6-15/h2-12H,1H3,(H,24,27)(H,25,30). The molecule has 0 aliphatic rings. The molecule has 0 unspecified atom stereocenters. The molecule has 0 atom stereocenters. The van der Waals surface area contributed by atoms with Crippen molar-refractivity contribution in [3.8, 4) is 11.4 Å². The zero-order valence-corrected chi connectivity index (χ0v) is 17.4. The first kappa shape index (κ1) is 19.9. The summed E-state index contributed by atoms with van der Waals surface area (Å²) in [5.74, 6) is 0.114. The number of anilines is 1. The molecule has 4 rings (SSSR count). The molecule has 1 amide bonds. The molecule has 0 spiro atoms. The molecule has 6 nitrogen and oxygen atoms in total. The number of para-hydroxylation sites is 1. The number of carbonyl (C=O) groups excluding carboxylic acids is 1. The molecule has 0 saturated heterocycles. The Labute approximate surface area is 181 Å². The SMILES string of the molecule is COc1ccc(Cl)cc1NC(=O)c1ccc2c(=O)n(-c3ccccc3)c(=S)[nH]c2c1. The van der Waals surface area contributed by atoms with E-state index < -0.39 is 0 Å². The Morgan fingerprint density at radius 1 is 1.10 bits per heavy atom. The molecule has 8 heteroatoms. The third-order valence-electron chi connectivity index (χ3n) is 4.58. The van der Waals surface area contributed by atoms with Crippen LogP contribution in [0.25, 0.3) is 16.6 Å². The number of nitrogens with one attached hydrogen (secondary N) is 2. The minimum absolute atomic E-state index is 0.243. The van der Waals surface area contributed by atoms with E-state index in [1.165, 1.54) is 11.7 Å². The Hall–Kier alpha value is -3.42. The monoisotopic (exact) mass is 437 g/mol. The molecular weight excluding hydrogens is 422 g/mol. The number of H-pyrrole nitrogens is 1. The number of carbonyl (C=O) groups is 1. The summed E-state index contributed by atoms with van der Waals surface area (Å²) < 4.78 is 6.92. The van der Waals surface area contributed by atoms with Crippen LogP contribution < -0.4 is 15.6 Å². The number of amides is 1. The Bertz CT molecular complexity index is 1380. The average Bonchev–Trinajstić information content (AvgIpc) is 2.74. The summed E-state index contributed by atoms with van der Waals surface area (Å²) in [4.78, 5) is 28.8. The summed E-state index contributed by atoms with van der Waals surface area (Å²) >= 11 is 11.4. The van der Waals surface area contributed by atoms with Gasteiger partial charge in [-0.25, -0.2) is 0 Å². The molecule has 2 N–H and O–H groups in total. The fourth-order valence-electron chi connectivity index (χ4n) is 3.14. The average molecular weight is 438 g/mol. The first-order valence-corrected chi connectivity index (χ1v) is 9.76. The lowest BCUT2D eigenvalue weighted by Crippen LogP contribution is -2.21. The van der Waals surface area contributed by atoms with Crippen molar-refractivity contribution in [3.63, 3.8) is 0 Å². The number of halogens is 1. The highest BCUT2D eigenvalue weighted by atomic mass is 35.5. The maximum absolute atomic E-state index is 13.0. The molecule has 0 bridgehead atoms. The zero-order valence-electron chi connectivity index (χ0n) is 15.8. The minimum Gasteiger partial charge on any atom is -0.495 e. The summed E-state index contributed by atoms with van der Waals surface area (Å²) in [5.41, 5.74) is 1.68. The molecule has 1 aromatic heterocycles. The highest BCUT2D eigenvalue weighted by molar-refractivity contribution is 7.71. The topological polar surface area (TPSA) is 76.1 Å². The van der Waals surface area contributed by atoms with Gasteiger partial charge in [0.05, 0.1) is 29.4 Å². The number of aromatic amines is 1. The lowest BCUT2D eigenvalue weighted by Gasteiger charge is -2.12. The second kappa shape index (κ2) is 8.14. The van der Waals surface area contributed by atoms with Crippen LogP contribution in [0.5, 0.6) is 5.75 Å². The number of hydrogen-bond donors (Lipinski definition) is 2. The molecule has 0 aliphatic heterocycles. The van der Waals surface area contributed by atoms with E-state index in [-0.39, 0.29) is 16.2 Å². The quantitative estimate of drug-likeness (QED) is 0.442. The molecule has 0 saturated carbocycles. The predicted octanol–water partition coefficient (Wildman–Crippen LogP) is 4.96. The second-order valence-corrected chi connectivity index (χ2v) is 7.29. The number of hydrogen-bond acceptors (Lipinski definition) is 4. The van der Waals surface area contributed by atoms with Crippen LogP contribution in [0, 0.1) is 4.77 Å². The largest absolute Gasteiger partial charge is 0.495 e. The van der Waals surface area contributed by atoms with Gasteiger partial charge < -0.3 is 15.0 Å². The van der Waals surface area contributed by atoms with Gasteiger partial charge in [-0.05, 0) is 60.7 Å². The van der Waals surface area contributed by atoms with Crippen LogP contribution in [0.2, 0.25) is 5.02 Å². The summed E-state index contributed by atoms with van der Waals surface area (Å²) in [7, 11) is 1.51. The smallest absolute Gasteiger partial charge is 0.266 e. The minimum atomic E-state index is -0.371. The predicted molar refractivity (Wildman–Crippen MR) is 121 cm³/mol. The van der Waals surface area contributed by atoms with E-state index in [0.717, 1.165) is 0 Å². The number of aromatic nitrogens is 2. The van der Waals surface area contributed by atoms with E-state index in [1.807, 2.05) is 18.2 Å². The molecule has 1 heterocycles. The Balaban J connectivity index is 1.74. The highest BCUT2D eigenvalue weighted by Gasteiger charge is 2.13. The van der Waals surface area contributed by atoms with Crippen molar-refractivity contribution in [1.82, 2.24) is 9.55 Å². The van der Waals surface area contributed by atoms with Crippen LogP contribution in [0.15, 0.2) is 71.5 Å². The van der Waals surface area contributed by atoms with Gasteiger partial charge in [0.1, 0.15) is 5.75 Å². The van der Waals surface area contributed by atoms with Crippen LogP contribution in [0.4, 0.5) is 5.69 Å². The number of benzene rings is 3. The molecule has 4 aromatic rings. The first-order valence-electron chi connectivity index (χ1n) is 8.97. The number of fused-ring (bicyclic) bond motifs is 1. The maximum atomic E-state index is 13.0. The third-order valence-corrected chi connectivity index (χ3v) is 5.10. The molecule has 150 valence electrons. The van der Waals surface area contributed by atoms with E-state index in [4.69, 9.17) is 28.6 Å². The first-order chi connectivity index (χ1) is 14.5. The van der Waals surface area contributed by atoms with E-state index in [2.05, 4.69) is 10.3 Å². The third kappa shape index (κ3) is 3.72. The molecule has 3 aromatic carbocycles. The lowest BCUT2D eigenvalue weighted by molar-refractivity contribution is 0.102. The highest BCUT2D eigenvalue weighted by Crippen LogP contribution is 2.28. The maximum Gasteiger partial charge on any atom is 0.266 e. The summed E-state index contributed by atoms with van der Waals surface area (Å²) in [5, 5.41) is 3.67. The number of nitrogens with zero attached hydrogens (tertiary/aromatic N) is 1. The fourth-order valence-corrected chi connectivity index (χ4v) is 3.61. The Kier molecular flexibility index (Phi) is 5.39. The van der Waals surface area contributed by atoms with E-state index in [0.29, 0.717) is 38.6 Å². The van der Waals surface area contributed by atoms with Gasteiger partial charge in [0.25, 0.3) is 11.5 Å². The van der Waals surface area contributed by atoms with Crippen LogP contribution in [0.3, 0.4) is 0 Å². The Morgan fingerprint density at radius 2 is 1.87 bits per heavy atom. The van der Waals surface area contributed by atoms with Crippen molar-refractivity contribution in [2.45, 2.75) is 0 Å². The van der Waals surface area contributed by atoms with Gasteiger partial charge in [-0.15, -0.1) is 0 Å². The van der Waals surface area contributed by atoms with E-state index in [1.54, 1.807) is 48.5 Å². The number of ether oxygens (including phenoxy) is 1. The van der Waals surface area contributed by atoms with Crippen molar-refractivity contribution in [2.24, 2.45) is 0 Å².